The van der Waals surface area contributed by atoms with Gasteiger partial charge >= 0.3 is 19.8 Å². The zero-order valence-corrected chi connectivity index (χ0v) is 36.3. The first-order chi connectivity index (χ1) is 26.0. The van der Waals surface area contributed by atoms with E-state index in [1.165, 1.54) is 83.5 Å². The van der Waals surface area contributed by atoms with E-state index in [0.717, 1.165) is 64.2 Å². The molecule has 1 N–H and O–H groups in total. The molecular formula is C44H83NO8P+. The third-order valence-corrected chi connectivity index (χ3v) is 10.2. The second-order valence-corrected chi connectivity index (χ2v) is 17.2. The van der Waals surface area contributed by atoms with Crippen molar-refractivity contribution in [3.8, 4) is 0 Å². The summed E-state index contributed by atoms with van der Waals surface area (Å²) in [5, 5.41) is 0. The van der Waals surface area contributed by atoms with Gasteiger partial charge in [0.1, 0.15) is 19.8 Å². The van der Waals surface area contributed by atoms with Gasteiger partial charge in [0.15, 0.2) is 6.10 Å². The zero-order chi connectivity index (χ0) is 40.0. The van der Waals surface area contributed by atoms with E-state index in [9.17, 15) is 19.0 Å². The highest BCUT2D eigenvalue weighted by Crippen LogP contribution is 2.43. The molecular weight excluding hydrogens is 701 g/mol. The number of hydrogen-bond acceptors (Lipinski definition) is 7. The summed E-state index contributed by atoms with van der Waals surface area (Å²) >= 11 is 0. The highest BCUT2D eigenvalue weighted by atomic mass is 31.2. The monoisotopic (exact) mass is 785 g/mol. The summed E-state index contributed by atoms with van der Waals surface area (Å²) in [6.45, 7) is 4.30. The van der Waals surface area contributed by atoms with Crippen LogP contribution in [0.15, 0.2) is 36.5 Å². The number of rotatable bonds is 39. The van der Waals surface area contributed by atoms with Gasteiger partial charge in [0.2, 0.25) is 0 Å². The molecule has 2 atom stereocenters. The lowest BCUT2D eigenvalue weighted by Crippen LogP contribution is -2.37. The van der Waals surface area contributed by atoms with Crippen molar-refractivity contribution in [1.82, 2.24) is 0 Å². The lowest BCUT2D eigenvalue weighted by Gasteiger charge is -2.24. The third-order valence-electron chi connectivity index (χ3n) is 9.18. The molecule has 0 fully saturated rings. The Kier molecular flexibility index (Phi) is 35.6. The van der Waals surface area contributed by atoms with Crippen LogP contribution in [0, 0.1) is 0 Å². The number of carbonyl (C=O) groups is 2. The van der Waals surface area contributed by atoms with Crippen LogP contribution in [0.4, 0.5) is 0 Å². The predicted molar refractivity (Wildman–Crippen MR) is 224 cm³/mol. The number of carbonyl (C=O) groups excluding carboxylic acids is 2. The van der Waals surface area contributed by atoms with E-state index >= 15 is 0 Å². The Bertz CT molecular complexity index is 1020. The number of ether oxygens (including phenoxy) is 2. The lowest BCUT2D eigenvalue weighted by atomic mass is 10.0. The minimum absolute atomic E-state index is 0.0301. The van der Waals surface area contributed by atoms with Gasteiger partial charge in [0.25, 0.3) is 0 Å². The molecule has 0 heterocycles. The minimum Gasteiger partial charge on any atom is -0.462 e. The van der Waals surface area contributed by atoms with Gasteiger partial charge in [-0.05, 0) is 44.9 Å². The summed E-state index contributed by atoms with van der Waals surface area (Å²) < 4.78 is 34.3. The van der Waals surface area contributed by atoms with Crippen molar-refractivity contribution in [2.45, 2.75) is 187 Å². The Hall–Kier alpha value is -1.77. The third kappa shape index (κ3) is 39.9. The van der Waals surface area contributed by atoms with Gasteiger partial charge < -0.3 is 18.9 Å². The fourth-order valence-corrected chi connectivity index (χ4v) is 6.53. The van der Waals surface area contributed by atoms with Crippen molar-refractivity contribution in [2.24, 2.45) is 0 Å². The van der Waals surface area contributed by atoms with Crippen LogP contribution in [0.5, 0.6) is 0 Å². The summed E-state index contributed by atoms with van der Waals surface area (Å²) in [6, 6.07) is 0. The van der Waals surface area contributed by atoms with E-state index in [4.69, 9.17) is 18.5 Å². The van der Waals surface area contributed by atoms with E-state index in [1.807, 2.05) is 21.1 Å². The topological polar surface area (TPSA) is 108 Å². The first-order valence-corrected chi connectivity index (χ1v) is 23.2. The zero-order valence-electron chi connectivity index (χ0n) is 35.5. The largest absolute Gasteiger partial charge is 0.472 e. The summed E-state index contributed by atoms with van der Waals surface area (Å²) in [4.78, 5) is 35.3. The second-order valence-electron chi connectivity index (χ2n) is 15.7. The van der Waals surface area contributed by atoms with Crippen LogP contribution >= 0.6 is 7.82 Å². The number of allylic oxidation sites excluding steroid dienone is 6. The maximum Gasteiger partial charge on any atom is 0.472 e. The highest BCUT2D eigenvalue weighted by Gasteiger charge is 2.27. The number of phosphoric acid groups is 1. The summed E-state index contributed by atoms with van der Waals surface area (Å²) in [5.41, 5.74) is 0. The number of phosphoric ester groups is 1. The van der Waals surface area contributed by atoms with Crippen molar-refractivity contribution in [3.05, 3.63) is 36.5 Å². The molecule has 0 amide bonds. The Morgan fingerprint density at radius 1 is 0.593 bits per heavy atom. The lowest BCUT2D eigenvalue weighted by molar-refractivity contribution is -0.870. The molecule has 0 aromatic rings. The summed E-state index contributed by atoms with van der Waals surface area (Å²) in [5.74, 6) is -0.807. The van der Waals surface area contributed by atoms with Gasteiger partial charge in [0.05, 0.1) is 27.7 Å². The van der Waals surface area contributed by atoms with Crippen LogP contribution in [-0.2, 0) is 32.7 Å². The fourth-order valence-electron chi connectivity index (χ4n) is 5.79. The van der Waals surface area contributed by atoms with E-state index in [0.29, 0.717) is 17.4 Å². The van der Waals surface area contributed by atoms with Crippen molar-refractivity contribution in [1.29, 1.82) is 0 Å². The Labute approximate surface area is 331 Å². The Morgan fingerprint density at radius 2 is 1.06 bits per heavy atom. The molecule has 10 heteroatoms. The molecule has 0 saturated carbocycles. The molecule has 0 aliphatic heterocycles. The van der Waals surface area contributed by atoms with E-state index < -0.39 is 26.5 Å². The van der Waals surface area contributed by atoms with Gasteiger partial charge in [-0.2, -0.15) is 0 Å². The maximum absolute atomic E-state index is 12.7. The van der Waals surface area contributed by atoms with E-state index in [1.54, 1.807) is 0 Å². The average Bonchev–Trinajstić information content (AvgIpc) is 3.12. The molecule has 9 nitrogen and oxygen atoms in total. The van der Waals surface area contributed by atoms with Crippen molar-refractivity contribution in [2.75, 3.05) is 47.5 Å². The van der Waals surface area contributed by atoms with E-state index in [2.05, 4.69) is 50.3 Å². The number of quaternary nitrogens is 1. The van der Waals surface area contributed by atoms with Gasteiger partial charge in [-0.25, -0.2) is 4.57 Å². The number of unbranched alkanes of at least 4 members (excludes halogenated alkanes) is 19. The molecule has 0 aromatic heterocycles. The van der Waals surface area contributed by atoms with E-state index in [-0.39, 0.29) is 32.0 Å². The van der Waals surface area contributed by atoms with Gasteiger partial charge in [-0.3, -0.25) is 18.6 Å². The molecule has 0 saturated heterocycles. The number of likely N-dealkylation sites (N-methyl/N-ethyl adjacent to an activating group) is 1. The number of nitrogens with zero attached hydrogens (tertiary/aromatic N) is 1. The fraction of sp³-hybridized carbons (Fsp3) is 0.818. The SMILES string of the molecule is CC/C=C/C/C=C/C/C=C/CCCCCCCCCC(=O)OC(COC(=O)CCCCCCCCCCCCCCC)COP(=O)(O)OCC[N+](C)(C)C. The molecule has 0 aliphatic rings. The van der Waals surface area contributed by atoms with Crippen LogP contribution in [0.3, 0.4) is 0 Å². The van der Waals surface area contributed by atoms with Crippen LogP contribution < -0.4 is 0 Å². The maximum atomic E-state index is 12.7. The predicted octanol–water partition coefficient (Wildman–Crippen LogP) is 12.1. The van der Waals surface area contributed by atoms with Crippen molar-refractivity contribution < 1.29 is 42.1 Å². The summed E-state index contributed by atoms with van der Waals surface area (Å²) in [7, 11) is 1.47. The van der Waals surface area contributed by atoms with Gasteiger partial charge in [-0.15, -0.1) is 0 Å². The van der Waals surface area contributed by atoms with Gasteiger partial charge in [0, 0.05) is 12.8 Å². The Balaban J connectivity index is 4.37. The molecule has 0 aromatic carbocycles. The second kappa shape index (κ2) is 36.8. The molecule has 316 valence electrons. The first kappa shape index (κ1) is 52.2. The highest BCUT2D eigenvalue weighted by molar-refractivity contribution is 7.47. The molecule has 0 radical (unpaired) electrons. The quantitative estimate of drug-likeness (QED) is 0.0216. The molecule has 0 spiro atoms. The van der Waals surface area contributed by atoms with Crippen LogP contribution in [0.25, 0.3) is 0 Å². The Morgan fingerprint density at radius 3 is 1.57 bits per heavy atom. The van der Waals surface area contributed by atoms with Gasteiger partial charge in [-0.1, -0.05) is 159 Å². The standard InChI is InChI=1S/C44H82NO8P/c1-6-8-10-12-14-16-18-20-21-22-23-25-27-29-31-33-35-37-44(47)53-42(41-52-54(48,49)51-39-38-45(3,4)5)40-50-43(46)36-34-32-30-28-26-24-19-17-15-13-11-9-7-2/h8,10,14,16,20-21,42H,6-7,9,11-13,15,17-19,22-41H2,1-5H3/p+1/b10-8+,16-14+,21-20+. The van der Waals surface area contributed by atoms with Crippen LogP contribution in [0.1, 0.15) is 181 Å². The van der Waals surface area contributed by atoms with Crippen LogP contribution in [0.2, 0.25) is 0 Å². The van der Waals surface area contributed by atoms with Crippen molar-refractivity contribution >= 4 is 19.8 Å². The smallest absolute Gasteiger partial charge is 0.462 e. The first-order valence-electron chi connectivity index (χ1n) is 21.7. The average molecular weight is 785 g/mol. The molecule has 0 aliphatic carbocycles. The number of esters is 2. The summed E-state index contributed by atoms with van der Waals surface area (Å²) in [6.07, 6.45) is 40.4. The van der Waals surface area contributed by atoms with Crippen LogP contribution in [-0.4, -0.2) is 74.9 Å². The molecule has 0 rings (SSSR count). The molecule has 54 heavy (non-hydrogen) atoms. The van der Waals surface area contributed by atoms with Crippen molar-refractivity contribution in [3.63, 3.8) is 0 Å². The number of hydrogen-bond donors (Lipinski definition) is 1. The molecule has 0 bridgehead atoms. The normalized spacial score (nSPS) is 14.0. The molecule has 2 unspecified atom stereocenters. The minimum atomic E-state index is -4.37.